The molecule has 0 bridgehead atoms. The number of rotatable bonds is 15. The molecule has 72 heavy (non-hydrogen) atoms. The number of amides is 7. The van der Waals surface area contributed by atoms with Crippen molar-refractivity contribution in [3.05, 3.63) is 90.7 Å². The maximum Gasteiger partial charge on any atom is 0.306 e. The van der Waals surface area contributed by atoms with Crippen LogP contribution in [0.25, 0.3) is 10.9 Å². The lowest BCUT2D eigenvalue weighted by Crippen LogP contribution is -2.60. The fraction of sp³-hybridized carbons (Fsp3) is 0.519. The number of phenolic OH excluding ortho intramolecular Hbond substituents is 1. The number of para-hydroxylation sites is 1. The number of carbonyl (C=O) groups is 8. The van der Waals surface area contributed by atoms with E-state index in [1.54, 1.807) is 37.3 Å². The van der Waals surface area contributed by atoms with Crippen LogP contribution >= 0.6 is 0 Å². The summed E-state index contributed by atoms with van der Waals surface area (Å²) in [5.41, 5.74) is 1.51. The first-order valence-corrected chi connectivity index (χ1v) is 24.7. The number of hydrogen-bond donors (Lipinski definition) is 7. The number of carboxylic acids is 1. The van der Waals surface area contributed by atoms with E-state index in [0.717, 1.165) is 15.8 Å². The summed E-state index contributed by atoms with van der Waals surface area (Å²) < 4.78 is 2.03. The first-order chi connectivity index (χ1) is 33.8. The zero-order valence-electron chi connectivity index (χ0n) is 43.7. The number of aromatic nitrogens is 1. The lowest BCUT2D eigenvalue weighted by Gasteiger charge is -2.33. The van der Waals surface area contributed by atoms with Gasteiger partial charge in [0.15, 0.2) is 0 Å². The monoisotopic (exact) mass is 997 g/mol. The maximum absolute atomic E-state index is 15.2. The van der Waals surface area contributed by atoms with Gasteiger partial charge in [-0.1, -0.05) is 83.2 Å². The normalized spacial score (nSPS) is 23.3. The predicted octanol–water partition coefficient (Wildman–Crippen LogP) is 4.33. The second-order valence-electron chi connectivity index (χ2n) is 20.4. The van der Waals surface area contributed by atoms with Crippen LogP contribution < -0.4 is 26.6 Å². The SMILES string of the molecule is C=CC(C)(C)n1cc(C[C@@H]2NC(=O)[C@H](C/C=C/C)NC(=O)[C@H](CC(C)C)NC(=O)[C@H](C[C@@H](C)C(=O)O)N(C)C(=O)[C@H](C)NC(=O)[C@H](Cc3ccc(O)cc3)NC(=O)[C@H](CC(C)C)N(C)C2=O)c2ccccc21. The highest BCUT2D eigenvalue weighted by Gasteiger charge is 2.39. The van der Waals surface area contributed by atoms with Crippen molar-refractivity contribution < 1.29 is 48.6 Å². The molecule has 0 radical (unpaired) electrons. The Hall–Kier alpha value is -6.98. The summed E-state index contributed by atoms with van der Waals surface area (Å²) in [6.07, 6.45) is 6.74. The lowest BCUT2D eigenvalue weighted by atomic mass is 9.97. The van der Waals surface area contributed by atoms with Gasteiger partial charge >= 0.3 is 5.97 Å². The average molecular weight is 997 g/mol. The maximum atomic E-state index is 15.2. The first kappa shape index (κ1) is 57.6. The van der Waals surface area contributed by atoms with Crippen molar-refractivity contribution in [2.75, 3.05) is 14.1 Å². The van der Waals surface area contributed by atoms with Gasteiger partial charge in [-0.25, -0.2) is 0 Å². The summed E-state index contributed by atoms with van der Waals surface area (Å²) in [5.74, 6) is -7.98. The molecule has 1 fully saturated rings. The van der Waals surface area contributed by atoms with E-state index in [9.17, 15) is 43.8 Å². The van der Waals surface area contributed by atoms with E-state index in [2.05, 4.69) is 33.2 Å². The Balaban J connectivity index is 1.95. The number of aliphatic carboxylic acids is 1. The molecule has 7 amide bonds. The topological polar surface area (TPSA) is 249 Å². The average Bonchev–Trinajstić information content (AvgIpc) is 3.70. The van der Waals surface area contributed by atoms with Gasteiger partial charge in [0.1, 0.15) is 48.0 Å². The van der Waals surface area contributed by atoms with Gasteiger partial charge in [-0.05, 0) is 94.5 Å². The molecular weight excluding hydrogens is 921 g/mol. The third kappa shape index (κ3) is 15.0. The molecule has 1 aliphatic heterocycles. The lowest BCUT2D eigenvalue weighted by molar-refractivity contribution is -0.146. The molecule has 1 saturated heterocycles. The van der Waals surface area contributed by atoms with E-state index in [1.807, 2.05) is 76.6 Å². The Bertz CT molecular complexity index is 2480. The zero-order valence-corrected chi connectivity index (χ0v) is 43.7. The van der Waals surface area contributed by atoms with Gasteiger partial charge in [0, 0.05) is 44.0 Å². The minimum Gasteiger partial charge on any atom is -0.508 e. The first-order valence-electron chi connectivity index (χ1n) is 24.7. The van der Waals surface area contributed by atoms with Crippen molar-refractivity contribution in [2.24, 2.45) is 17.8 Å². The van der Waals surface area contributed by atoms with Crippen molar-refractivity contribution in [1.82, 2.24) is 41.0 Å². The van der Waals surface area contributed by atoms with Gasteiger partial charge < -0.3 is 51.2 Å². The Morgan fingerprint density at radius 1 is 0.694 bits per heavy atom. The van der Waals surface area contributed by atoms with Crippen molar-refractivity contribution in [1.29, 1.82) is 0 Å². The Morgan fingerprint density at radius 2 is 1.22 bits per heavy atom. The third-order valence-corrected chi connectivity index (χ3v) is 13.2. The standard InChI is InChI=1S/C54H76N8O10/c1-13-15-19-39-46(64)59-42(29-36-30-62(54(9,10)14-2)43-20-17-16-18-38(36)43)52(70)61(12)44(26-32(5)6)49(67)58-41(28-35-21-23-37(63)24-22-35)47(65)55-34(8)51(69)60(11)45(27-33(7)53(71)72)50(68)57-40(25-31(3)4)48(66)56-39/h13-18,20-24,30-34,39-42,44-45,63H,2,19,25-29H2,1,3-12H3,(H,55,65)(H,56,66)(H,57,68)(H,58,67)(H,59,64)(H,71,72)/b15-13+/t33-,34+,39+,40+,41+,42+,44+,45+/m1/s1. The van der Waals surface area contributed by atoms with Crippen LogP contribution in [0.1, 0.15) is 99.1 Å². The van der Waals surface area contributed by atoms with Crippen molar-refractivity contribution in [2.45, 2.75) is 149 Å². The minimum atomic E-state index is -1.45. The number of aromatic hydroxyl groups is 1. The number of likely N-dealkylation sites (N-methyl/N-ethyl adjacent to an activating group) is 2. The van der Waals surface area contributed by atoms with Crippen LogP contribution in [0.4, 0.5) is 0 Å². The summed E-state index contributed by atoms with van der Waals surface area (Å²) in [4.78, 5) is 117. The number of phenols is 1. The fourth-order valence-corrected chi connectivity index (χ4v) is 8.77. The second-order valence-corrected chi connectivity index (χ2v) is 20.4. The largest absolute Gasteiger partial charge is 0.508 e. The van der Waals surface area contributed by atoms with Crippen LogP contribution in [-0.4, -0.2) is 128 Å². The van der Waals surface area contributed by atoms with Gasteiger partial charge in [-0.2, -0.15) is 0 Å². The van der Waals surface area contributed by atoms with Gasteiger partial charge in [-0.3, -0.25) is 38.4 Å². The fourth-order valence-electron chi connectivity index (χ4n) is 8.77. The van der Waals surface area contributed by atoms with Crippen LogP contribution in [0.3, 0.4) is 0 Å². The highest BCUT2D eigenvalue weighted by molar-refractivity contribution is 5.99. The minimum absolute atomic E-state index is 0.0181. The molecule has 8 atom stereocenters. The number of nitrogens with one attached hydrogen (secondary N) is 5. The summed E-state index contributed by atoms with van der Waals surface area (Å²) in [6, 6.07) is 4.40. The highest BCUT2D eigenvalue weighted by Crippen LogP contribution is 2.30. The van der Waals surface area contributed by atoms with Gasteiger partial charge in [-0.15, -0.1) is 6.58 Å². The van der Waals surface area contributed by atoms with E-state index in [0.29, 0.717) is 11.1 Å². The molecular formula is C54H76N8O10. The van der Waals surface area contributed by atoms with Gasteiger partial charge in [0.25, 0.3) is 0 Å². The second kappa shape index (κ2) is 25.4. The van der Waals surface area contributed by atoms with Crippen LogP contribution in [0.2, 0.25) is 0 Å². The molecule has 0 unspecified atom stereocenters. The molecule has 3 aromatic rings. The number of allylic oxidation sites excluding steroid dienone is 2. The molecule has 2 aromatic carbocycles. The number of carboxylic acid groups (broad SMARTS) is 1. The molecule has 4 rings (SSSR count). The summed E-state index contributed by atoms with van der Waals surface area (Å²) >= 11 is 0. The zero-order chi connectivity index (χ0) is 53.8. The molecule has 7 N–H and O–H groups in total. The van der Waals surface area contributed by atoms with Gasteiger partial charge in [0.2, 0.25) is 41.4 Å². The van der Waals surface area contributed by atoms with Crippen LogP contribution in [0.5, 0.6) is 5.75 Å². The number of carbonyl (C=O) groups excluding carboxylic acids is 7. The summed E-state index contributed by atoms with van der Waals surface area (Å²) in [7, 11) is 2.75. The van der Waals surface area contributed by atoms with Crippen molar-refractivity contribution >= 4 is 58.2 Å². The van der Waals surface area contributed by atoms with Crippen LogP contribution in [0.15, 0.2) is 79.5 Å². The van der Waals surface area contributed by atoms with E-state index in [-0.39, 0.29) is 56.1 Å². The molecule has 1 aliphatic rings. The van der Waals surface area contributed by atoms with Gasteiger partial charge in [0.05, 0.1) is 11.5 Å². The van der Waals surface area contributed by atoms with Crippen molar-refractivity contribution in [3.63, 3.8) is 0 Å². The third-order valence-electron chi connectivity index (χ3n) is 13.2. The van der Waals surface area contributed by atoms with E-state index < -0.39 is 101 Å². The Labute approximate surface area is 423 Å². The number of hydrogen-bond acceptors (Lipinski definition) is 9. The molecule has 1 aromatic heterocycles. The molecule has 18 heteroatoms. The molecule has 0 aliphatic carbocycles. The summed E-state index contributed by atoms with van der Waals surface area (Å²) in [6.45, 7) is 19.9. The number of benzene rings is 2. The van der Waals surface area contributed by atoms with Crippen LogP contribution in [-0.2, 0) is 56.7 Å². The highest BCUT2D eigenvalue weighted by atomic mass is 16.4. The molecule has 18 nitrogen and oxygen atoms in total. The Morgan fingerprint density at radius 3 is 1.81 bits per heavy atom. The van der Waals surface area contributed by atoms with Crippen molar-refractivity contribution in [3.8, 4) is 5.75 Å². The van der Waals surface area contributed by atoms with E-state index in [4.69, 9.17) is 0 Å². The molecule has 2 heterocycles. The molecule has 392 valence electrons. The number of nitrogens with zero attached hydrogens (tertiary/aromatic N) is 3. The van der Waals surface area contributed by atoms with E-state index in [1.165, 1.54) is 45.0 Å². The number of fused-ring (bicyclic) bond motifs is 1. The summed E-state index contributed by atoms with van der Waals surface area (Å²) in [5, 5.41) is 34.7. The van der Waals surface area contributed by atoms with Crippen LogP contribution in [0, 0.1) is 17.8 Å². The Kier molecular flexibility index (Phi) is 20.3. The molecule has 0 spiro atoms. The predicted molar refractivity (Wildman–Crippen MR) is 275 cm³/mol. The smallest absolute Gasteiger partial charge is 0.306 e. The van der Waals surface area contributed by atoms with E-state index >= 15 is 4.79 Å². The quantitative estimate of drug-likeness (QED) is 0.106. The molecule has 0 saturated carbocycles.